The van der Waals surface area contributed by atoms with Gasteiger partial charge in [0.1, 0.15) is 19.0 Å². The largest absolute Gasteiger partial charge is 0.486 e. The highest BCUT2D eigenvalue weighted by atomic mass is 16.6. The van der Waals surface area contributed by atoms with Gasteiger partial charge in [0.2, 0.25) is 0 Å². The number of benzene rings is 2. The molecule has 0 aliphatic carbocycles. The van der Waals surface area contributed by atoms with Crippen molar-refractivity contribution in [3.63, 3.8) is 0 Å². The molecule has 8 heteroatoms. The van der Waals surface area contributed by atoms with Gasteiger partial charge in [0.15, 0.2) is 11.5 Å². The Morgan fingerprint density at radius 1 is 1.16 bits per heavy atom. The first kappa shape index (κ1) is 15.4. The summed E-state index contributed by atoms with van der Waals surface area (Å²) in [6.45, 7) is 1.83. The van der Waals surface area contributed by atoms with Crippen LogP contribution >= 0.6 is 0 Å². The van der Waals surface area contributed by atoms with Crippen LogP contribution in [0.2, 0.25) is 0 Å². The molecular weight excluding hydrogens is 324 g/mol. The van der Waals surface area contributed by atoms with Crippen molar-refractivity contribution in [2.24, 2.45) is 5.73 Å². The van der Waals surface area contributed by atoms with Crippen LogP contribution in [0.3, 0.4) is 0 Å². The van der Waals surface area contributed by atoms with Crippen molar-refractivity contribution in [3.05, 3.63) is 57.9 Å². The van der Waals surface area contributed by atoms with Gasteiger partial charge in [-0.3, -0.25) is 10.1 Å². The third kappa shape index (κ3) is 2.76. The van der Waals surface area contributed by atoms with Gasteiger partial charge in [-0.25, -0.2) is 4.98 Å². The summed E-state index contributed by atoms with van der Waals surface area (Å²) in [7, 11) is 0. The summed E-state index contributed by atoms with van der Waals surface area (Å²) in [6, 6.07) is 10.2. The van der Waals surface area contributed by atoms with E-state index >= 15 is 0 Å². The van der Waals surface area contributed by atoms with Gasteiger partial charge in [-0.2, -0.15) is 0 Å². The number of ether oxygens (including phenoxy) is 2. The molecule has 0 amide bonds. The Morgan fingerprint density at radius 3 is 2.48 bits per heavy atom. The van der Waals surface area contributed by atoms with Gasteiger partial charge in [0.05, 0.1) is 22.5 Å². The average molecular weight is 340 g/mol. The van der Waals surface area contributed by atoms with Crippen LogP contribution < -0.4 is 15.2 Å². The lowest BCUT2D eigenvalue weighted by Gasteiger charge is -2.18. The van der Waals surface area contributed by atoms with Crippen molar-refractivity contribution >= 4 is 16.7 Å². The smallest absolute Gasteiger partial charge is 0.269 e. The Kier molecular flexibility index (Phi) is 3.73. The van der Waals surface area contributed by atoms with E-state index in [1.54, 1.807) is 12.1 Å². The van der Waals surface area contributed by atoms with E-state index in [0.717, 1.165) is 22.4 Å². The predicted octanol–water partition coefficient (Wildman–Crippen LogP) is 2.22. The molecule has 0 bridgehead atoms. The minimum atomic E-state index is -0.411. The number of fused-ring (bicyclic) bond motifs is 2. The molecule has 8 nitrogen and oxygen atoms in total. The normalized spacial score (nSPS) is 13.2. The van der Waals surface area contributed by atoms with Crippen molar-refractivity contribution in [2.45, 2.75) is 13.1 Å². The van der Waals surface area contributed by atoms with E-state index < -0.39 is 4.92 Å². The van der Waals surface area contributed by atoms with Crippen LogP contribution in [0.4, 0.5) is 5.69 Å². The number of nitro groups is 1. The van der Waals surface area contributed by atoms with E-state index in [-0.39, 0.29) is 12.2 Å². The highest BCUT2D eigenvalue weighted by Crippen LogP contribution is 2.35. The van der Waals surface area contributed by atoms with Crippen LogP contribution in [-0.4, -0.2) is 27.7 Å². The van der Waals surface area contributed by atoms with Crippen LogP contribution in [0.15, 0.2) is 36.4 Å². The predicted molar refractivity (Wildman–Crippen MR) is 90.8 cm³/mol. The molecule has 0 spiro atoms. The number of nitro benzene ring substituents is 1. The first-order chi connectivity index (χ1) is 12.2. The van der Waals surface area contributed by atoms with Crippen LogP contribution in [0, 0.1) is 10.1 Å². The van der Waals surface area contributed by atoms with Crippen molar-refractivity contribution in [3.8, 4) is 11.5 Å². The fourth-order valence-corrected chi connectivity index (χ4v) is 2.95. The molecule has 0 atom stereocenters. The number of hydrogen-bond acceptors (Lipinski definition) is 6. The third-order valence-corrected chi connectivity index (χ3v) is 4.16. The maximum absolute atomic E-state index is 10.8. The molecule has 2 heterocycles. The number of aromatic nitrogens is 2. The zero-order valence-corrected chi connectivity index (χ0v) is 13.3. The molecule has 2 N–H and O–H groups in total. The Morgan fingerprint density at radius 2 is 1.84 bits per heavy atom. The molecule has 0 radical (unpaired) electrons. The first-order valence-corrected chi connectivity index (χ1v) is 7.88. The van der Waals surface area contributed by atoms with E-state index in [9.17, 15) is 10.1 Å². The van der Waals surface area contributed by atoms with E-state index in [4.69, 9.17) is 15.2 Å². The van der Waals surface area contributed by atoms with Crippen LogP contribution in [0.5, 0.6) is 11.5 Å². The molecule has 25 heavy (non-hydrogen) atoms. The van der Waals surface area contributed by atoms with Crippen molar-refractivity contribution < 1.29 is 14.4 Å². The Hall–Kier alpha value is -3.13. The minimum absolute atomic E-state index is 0.0675. The Balaban J connectivity index is 1.75. The minimum Gasteiger partial charge on any atom is -0.486 e. The highest BCUT2D eigenvalue weighted by molar-refractivity contribution is 5.81. The van der Waals surface area contributed by atoms with E-state index in [0.29, 0.717) is 31.3 Å². The van der Waals surface area contributed by atoms with Crippen molar-refractivity contribution in [2.75, 3.05) is 13.2 Å². The fraction of sp³-hybridized carbons (Fsp3) is 0.235. The second kappa shape index (κ2) is 6.06. The molecule has 0 saturated heterocycles. The van der Waals surface area contributed by atoms with Gasteiger partial charge < -0.3 is 19.8 Å². The molecule has 128 valence electrons. The lowest BCUT2D eigenvalue weighted by molar-refractivity contribution is -0.384. The summed E-state index contributed by atoms with van der Waals surface area (Å²) >= 11 is 0. The monoisotopic (exact) mass is 340 g/mol. The van der Waals surface area contributed by atoms with E-state index in [1.807, 2.05) is 16.7 Å². The molecule has 0 unspecified atom stereocenters. The summed E-state index contributed by atoms with van der Waals surface area (Å²) in [5.41, 5.74) is 8.52. The second-order valence-corrected chi connectivity index (χ2v) is 5.73. The Bertz CT molecular complexity index is 949. The van der Waals surface area contributed by atoms with Gasteiger partial charge in [-0.05, 0) is 5.56 Å². The van der Waals surface area contributed by atoms with Crippen LogP contribution in [0.25, 0.3) is 11.0 Å². The molecule has 1 aliphatic heterocycles. The molecule has 4 rings (SSSR count). The van der Waals surface area contributed by atoms with E-state index in [1.165, 1.54) is 12.1 Å². The van der Waals surface area contributed by atoms with Gasteiger partial charge in [-0.15, -0.1) is 0 Å². The van der Waals surface area contributed by atoms with Crippen molar-refractivity contribution in [1.82, 2.24) is 9.55 Å². The number of nitrogens with zero attached hydrogens (tertiary/aromatic N) is 3. The fourth-order valence-electron chi connectivity index (χ4n) is 2.95. The van der Waals surface area contributed by atoms with Gasteiger partial charge in [-0.1, -0.05) is 12.1 Å². The van der Waals surface area contributed by atoms with Crippen molar-refractivity contribution in [1.29, 1.82) is 0 Å². The van der Waals surface area contributed by atoms with Crippen LogP contribution in [0.1, 0.15) is 11.4 Å². The average Bonchev–Trinajstić information content (AvgIpc) is 2.97. The van der Waals surface area contributed by atoms with Gasteiger partial charge in [0, 0.05) is 30.8 Å². The quantitative estimate of drug-likeness (QED) is 0.577. The molecular formula is C17H16N4O4. The number of nitrogens with two attached hydrogens (primary N) is 1. The summed E-state index contributed by atoms with van der Waals surface area (Å²) in [4.78, 5) is 15.0. The standard InChI is InChI=1S/C17H16N4O4/c18-9-17-19-13-7-15-16(25-6-5-24-15)8-14(13)20(17)10-11-1-3-12(4-2-11)21(22)23/h1-4,7-8H,5-6,9-10,18H2. The van der Waals surface area contributed by atoms with E-state index in [2.05, 4.69) is 4.98 Å². The first-order valence-electron chi connectivity index (χ1n) is 7.88. The number of imidazole rings is 1. The summed E-state index contributed by atoms with van der Waals surface area (Å²) < 4.78 is 13.2. The molecule has 0 saturated carbocycles. The number of rotatable bonds is 4. The topological polar surface area (TPSA) is 105 Å². The maximum Gasteiger partial charge on any atom is 0.269 e. The lowest BCUT2D eigenvalue weighted by Crippen LogP contribution is -2.15. The maximum atomic E-state index is 10.8. The van der Waals surface area contributed by atoms with Gasteiger partial charge in [0.25, 0.3) is 5.69 Å². The SMILES string of the molecule is NCc1nc2cc3c(cc2n1Cc1ccc([N+](=O)[O-])cc1)OCCO3. The molecule has 1 aromatic heterocycles. The lowest BCUT2D eigenvalue weighted by atomic mass is 10.2. The Labute approximate surface area is 142 Å². The zero-order valence-electron chi connectivity index (χ0n) is 13.3. The molecule has 0 fully saturated rings. The molecule has 1 aliphatic rings. The zero-order chi connectivity index (χ0) is 17.4. The molecule has 2 aromatic carbocycles. The molecule has 3 aromatic rings. The summed E-state index contributed by atoms with van der Waals surface area (Å²) in [6.07, 6.45) is 0. The summed E-state index contributed by atoms with van der Waals surface area (Å²) in [5.74, 6) is 2.10. The van der Waals surface area contributed by atoms with Crippen LogP contribution in [-0.2, 0) is 13.1 Å². The third-order valence-electron chi connectivity index (χ3n) is 4.16. The number of hydrogen-bond donors (Lipinski definition) is 1. The number of non-ortho nitro benzene ring substituents is 1. The highest BCUT2D eigenvalue weighted by Gasteiger charge is 2.18. The second-order valence-electron chi connectivity index (χ2n) is 5.73. The van der Waals surface area contributed by atoms with Gasteiger partial charge >= 0.3 is 0 Å². The summed E-state index contributed by atoms with van der Waals surface area (Å²) in [5, 5.41) is 10.8.